The average Bonchev–Trinajstić information content (AvgIpc) is 2.44. The van der Waals surface area contributed by atoms with E-state index in [1.54, 1.807) is 13.8 Å². The number of methoxy groups -OCH3 is 1. The maximum Gasteiger partial charge on any atom is 0.407 e. The van der Waals surface area contributed by atoms with Gasteiger partial charge in [0.2, 0.25) is 0 Å². The molecule has 3 nitrogen and oxygen atoms in total. The number of carbonyl (C=O) groups excluding carboxylic acids is 1. The van der Waals surface area contributed by atoms with E-state index >= 15 is 0 Å². The average molecular weight is 400 g/mol. The molecule has 0 aliphatic carbocycles. The van der Waals surface area contributed by atoms with Gasteiger partial charge in [-0.05, 0) is 46.0 Å². The third-order valence-electron chi connectivity index (χ3n) is 3.16. The third kappa shape index (κ3) is 5.76. The molecular weight excluding hydrogens is 382 g/mol. The highest BCUT2D eigenvalue weighted by molar-refractivity contribution is 9.10. The summed E-state index contributed by atoms with van der Waals surface area (Å²) >= 11 is 2.87. The number of carbonyl (C=O) groups is 1. The molecule has 1 unspecified atom stereocenters. The predicted octanol–water partition coefficient (Wildman–Crippen LogP) is 4.37. The lowest BCUT2D eigenvalue weighted by molar-refractivity contribution is -0.164. The van der Waals surface area contributed by atoms with Crippen LogP contribution in [0.15, 0.2) is 22.7 Å². The first-order valence-corrected chi connectivity index (χ1v) is 7.71. The second-order valence-corrected chi connectivity index (χ2v) is 6.37. The topological polar surface area (TPSA) is 38.3 Å². The zero-order valence-corrected chi connectivity index (χ0v) is 14.5. The summed E-state index contributed by atoms with van der Waals surface area (Å²) < 4.78 is 57.9. The van der Waals surface area contributed by atoms with Crippen molar-refractivity contribution in [2.24, 2.45) is 5.92 Å². The number of nitrogens with one attached hydrogen (secondary N) is 1. The summed E-state index contributed by atoms with van der Waals surface area (Å²) in [6.45, 7) is 3.57. The number of hydrogen-bond acceptors (Lipinski definition) is 3. The lowest BCUT2D eigenvalue weighted by Crippen LogP contribution is -2.45. The smallest absolute Gasteiger partial charge is 0.407 e. The van der Waals surface area contributed by atoms with Gasteiger partial charge >= 0.3 is 12.1 Å². The van der Waals surface area contributed by atoms with Gasteiger partial charge in [0.25, 0.3) is 0 Å². The molecule has 0 saturated carbocycles. The Morgan fingerprint density at radius 2 is 1.96 bits per heavy atom. The zero-order chi connectivity index (χ0) is 17.8. The number of halogens is 5. The molecule has 0 bridgehead atoms. The highest BCUT2D eigenvalue weighted by atomic mass is 79.9. The number of alkyl halides is 3. The fraction of sp³-hybridized carbons (Fsp3) is 0.533. The Bertz CT molecular complexity index is 549. The Morgan fingerprint density at radius 1 is 1.35 bits per heavy atom. The molecule has 0 heterocycles. The van der Waals surface area contributed by atoms with Crippen molar-refractivity contribution in [2.45, 2.75) is 38.5 Å². The summed E-state index contributed by atoms with van der Waals surface area (Å²) in [5.74, 6) is -1.45. The van der Waals surface area contributed by atoms with Gasteiger partial charge in [0.05, 0.1) is 11.6 Å². The summed E-state index contributed by atoms with van der Waals surface area (Å²) in [6.07, 6.45) is -4.47. The van der Waals surface area contributed by atoms with E-state index in [2.05, 4.69) is 26.0 Å². The Morgan fingerprint density at radius 3 is 2.39 bits per heavy atom. The third-order valence-corrected chi connectivity index (χ3v) is 3.77. The van der Waals surface area contributed by atoms with Crippen molar-refractivity contribution in [3.8, 4) is 0 Å². The van der Waals surface area contributed by atoms with E-state index in [0.717, 1.165) is 25.3 Å². The minimum Gasteiger partial charge on any atom is -0.468 e. The fourth-order valence-electron chi connectivity index (χ4n) is 2.12. The van der Waals surface area contributed by atoms with E-state index in [0.29, 0.717) is 0 Å². The summed E-state index contributed by atoms with van der Waals surface area (Å²) in [6, 6.07) is -0.202. The quantitative estimate of drug-likeness (QED) is 0.570. The van der Waals surface area contributed by atoms with Gasteiger partial charge in [-0.2, -0.15) is 13.2 Å². The van der Waals surface area contributed by atoms with Crippen molar-refractivity contribution in [1.82, 2.24) is 5.32 Å². The van der Waals surface area contributed by atoms with Gasteiger partial charge in [-0.15, -0.1) is 0 Å². The molecule has 1 rings (SSSR count). The van der Waals surface area contributed by atoms with E-state index in [4.69, 9.17) is 0 Å². The molecule has 1 N–H and O–H groups in total. The largest absolute Gasteiger partial charge is 0.468 e. The minimum atomic E-state index is -4.65. The molecule has 8 heteroatoms. The summed E-state index contributed by atoms with van der Waals surface area (Å²) in [7, 11) is 1.12. The second-order valence-electron chi connectivity index (χ2n) is 5.52. The molecular formula is C15H18BrF4NO2. The Kier molecular flexibility index (Phi) is 7.01. The van der Waals surface area contributed by atoms with Crippen LogP contribution < -0.4 is 5.32 Å². The Balaban J connectivity index is 3.15. The van der Waals surface area contributed by atoms with Crippen molar-refractivity contribution in [2.75, 3.05) is 7.11 Å². The van der Waals surface area contributed by atoms with Gasteiger partial charge in [0, 0.05) is 0 Å². The maximum atomic E-state index is 13.4. The molecule has 0 aromatic heterocycles. The lowest BCUT2D eigenvalue weighted by atomic mass is 10.00. The van der Waals surface area contributed by atoms with E-state index in [9.17, 15) is 22.4 Å². The van der Waals surface area contributed by atoms with Crippen LogP contribution in [0.2, 0.25) is 0 Å². The molecule has 130 valence electrons. The standard InChI is InChI=1S/C15H18BrF4NO2/c1-8(2)6-12(14(22)23-3)21-13(15(18,19)20)9-4-5-11(17)10(16)7-9/h4-5,7-8,12-13,21H,6H2,1-3H3/t12-,13?/m0/s1. The molecule has 1 aromatic carbocycles. The second kappa shape index (κ2) is 8.10. The molecule has 0 radical (unpaired) electrons. The van der Waals surface area contributed by atoms with Crippen LogP contribution in [-0.4, -0.2) is 25.3 Å². The van der Waals surface area contributed by atoms with Crippen LogP contribution >= 0.6 is 15.9 Å². The van der Waals surface area contributed by atoms with Crippen molar-refractivity contribution in [3.05, 3.63) is 34.1 Å². The normalized spacial score (nSPS) is 14.7. The number of benzene rings is 1. The summed E-state index contributed by atoms with van der Waals surface area (Å²) in [5.41, 5.74) is -0.191. The van der Waals surface area contributed by atoms with Gasteiger partial charge in [0.1, 0.15) is 17.9 Å². The maximum absolute atomic E-state index is 13.4. The molecule has 0 saturated heterocycles. The van der Waals surface area contributed by atoms with Crippen LogP contribution in [0, 0.1) is 11.7 Å². The molecule has 0 amide bonds. The van der Waals surface area contributed by atoms with E-state index < -0.39 is 30.0 Å². The van der Waals surface area contributed by atoms with E-state index in [1.807, 2.05) is 0 Å². The van der Waals surface area contributed by atoms with Gasteiger partial charge in [-0.25, -0.2) is 4.39 Å². The number of ether oxygens (including phenoxy) is 1. The summed E-state index contributed by atoms with van der Waals surface area (Å²) in [5, 5.41) is 2.30. The van der Waals surface area contributed by atoms with Crippen LogP contribution in [-0.2, 0) is 9.53 Å². The van der Waals surface area contributed by atoms with Crippen LogP contribution in [0.3, 0.4) is 0 Å². The van der Waals surface area contributed by atoms with E-state index in [1.165, 1.54) is 0 Å². The Hall–Kier alpha value is -1.15. The predicted molar refractivity (Wildman–Crippen MR) is 81.3 cm³/mol. The Labute approximate surface area is 140 Å². The first-order valence-electron chi connectivity index (χ1n) is 6.91. The van der Waals surface area contributed by atoms with Gasteiger partial charge in [0.15, 0.2) is 0 Å². The minimum absolute atomic E-state index is 0.0135. The zero-order valence-electron chi connectivity index (χ0n) is 12.9. The molecule has 2 atom stereocenters. The number of rotatable bonds is 6. The molecule has 23 heavy (non-hydrogen) atoms. The summed E-state index contributed by atoms with van der Waals surface area (Å²) in [4.78, 5) is 11.7. The van der Waals surface area contributed by atoms with Gasteiger partial charge in [-0.3, -0.25) is 10.1 Å². The van der Waals surface area contributed by atoms with Crippen LogP contribution in [0.1, 0.15) is 31.9 Å². The van der Waals surface area contributed by atoms with Crippen molar-refractivity contribution in [3.63, 3.8) is 0 Å². The monoisotopic (exact) mass is 399 g/mol. The fourth-order valence-corrected chi connectivity index (χ4v) is 2.52. The van der Waals surface area contributed by atoms with E-state index in [-0.39, 0.29) is 22.4 Å². The van der Waals surface area contributed by atoms with Gasteiger partial charge in [-0.1, -0.05) is 19.9 Å². The highest BCUT2D eigenvalue weighted by Crippen LogP contribution is 2.35. The van der Waals surface area contributed by atoms with Crippen molar-refractivity contribution >= 4 is 21.9 Å². The first kappa shape index (κ1) is 19.9. The first-order chi connectivity index (χ1) is 10.6. The molecule has 0 spiro atoms. The number of esters is 1. The van der Waals surface area contributed by atoms with Crippen molar-refractivity contribution in [1.29, 1.82) is 0 Å². The van der Waals surface area contributed by atoms with Crippen LogP contribution in [0.25, 0.3) is 0 Å². The molecule has 0 aliphatic heterocycles. The molecule has 0 fully saturated rings. The molecule has 1 aromatic rings. The van der Waals surface area contributed by atoms with Gasteiger partial charge < -0.3 is 4.74 Å². The van der Waals surface area contributed by atoms with Crippen LogP contribution in [0.4, 0.5) is 17.6 Å². The molecule has 0 aliphatic rings. The van der Waals surface area contributed by atoms with Crippen LogP contribution in [0.5, 0.6) is 0 Å². The SMILES string of the molecule is COC(=O)[C@H](CC(C)C)NC(c1ccc(F)c(Br)c1)C(F)(F)F. The number of hydrogen-bond donors (Lipinski definition) is 1. The van der Waals surface area contributed by atoms with Crippen molar-refractivity contribution < 1.29 is 27.1 Å². The lowest BCUT2D eigenvalue weighted by Gasteiger charge is -2.27. The highest BCUT2D eigenvalue weighted by Gasteiger charge is 2.43.